The van der Waals surface area contributed by atoms with Crippen LogP contribution in [0.3, 0.4) is 0 Å². The van der Waals surface area contributed by atoms with E-state index in [2.05, 4.69) is 14.8 Å². The van der Waals surface area contributed by atoms with E-state index in [9.17, 15) is 29.2 Å². The quantitative estimate of drug-likeness (QED) is 0.143. The number of rotatable bonds is 13. The van der Waals surface area contributed by atoms with E-state index in [1.165, 1.54) is 45.4 Å². The van der Waals surface area contributed by atoms with Gasteiger partial charge in [0.25, 0.3) is 0 Å². The molecular weight excluding hydrogens is 577 g/mol. The van der Waals surface area contributed by atoms with Gasteiger partial charge in [0.05, 0.1) is 20.3 Å². The van der Waals surface area contributed by atoms with Gasteiger partial charge in [0.15, 0.2) is 6.23 Å². The van der Waals surface area contributed by atoms with Crippen molar-refractivity contribution >= 4 is 25.5 Å². The Morgan fingerprint density at radius 1 is 1.26 bits per heavy atom. The number of nitrogen functional groups attached to an aromatic ring is 1. The van der Waals surface area contributed by atoms with Gasteiger partial charge in [-0.25, -0.2) is 9.36 Å². The predicted molar refractivity (Wildman–Crippen MR) is 147 cm³/mol. The summed E-state index contributed by atoms with van der Waals surface area (Å²) < 4.78 is 41.3. The van der Waals surface area contributed by atoms with Crippen LogP contribution < -0.4 is 26.8 Å². The van der Waals surface area contributed by atoms with E-state index in [1.54, 1.807) is 19.1 Å². The number of anilines is 1. The van der Waals surface area contributed by atoms with Crippen molar-refractivity contribution in [1.82, 2.24) is 14.6 Å². The summed E-state index contributed by atoms with van der Waals surface area (Å²) in [6.45, 7) is 3.71. The fourth-order valence-electron chi connectivity index (χ4n) is 4.11. The molecule has 1 unspecified atom stereocenters. The zero-order valence-corrected chi connectivity index (χ0v) is 24.4. The summed E-state index contributed by atoms with van der Waals surface area (Å²) in [6, 6.07) is 5.36. The zero-order chi connectivity index (χ0) is 31.2. The Morgan fingerprint density at radius 2 is 1.93 bits per heavy atom. The Kier molecular flexibility index (Phi) is 10.8. The molecule has 2 aromatic rings. The first-order chi connectivity index (χ1) is 19.7. The van der Waals surface area contributed by atoms with E-state index in [4.69, 9.17) is 30.0 Å². The Balaban J connectivity index is 1.79. The van der Waals surface area contributed by atoms with Gasteiger partial charge in [-0.15, -0.1) is 0 Å². The second-order valence-electron chi connectivity index (χ2n) is 9.70. The third-order valence-electron chi connectivity index (χ3n) is 6.37. The van der Waals surface area contributed by atoms with Crippen LogP contribution in [0.4, 0.5) is 5.82 Å². The van der Waals surface area contributed by atoms with Gasteiger partial charge in [-0.3, -0.25) is 18.7 Å². The van der Waals surface area contributed by atoms with E-state index >= 15 is 0 Å². The fraction of sp³-hybridized carbons (Fsp3) is 0.520. The highest BCUT2D eigenvalue weighted by Gasteiger charge is 2.54. The average Bonchev–Trinajstić information content (AvgIpc) is 3.16. The molecule has 1 aromatic heterocycles. The minimum absolute atomic E-state index is 0.0476. The van der Waals surface area contributed by atoms with Gasteiger partial charge in [-0.05, 0) is 51.0 Å². The van der Waals surface area contributed by atoms with Gasteiger partial charge < -0.3 is 40.4 Å². The maximum absolute atomic E-state index is 13.8. The topological polar surface area (TPSA) is 237 Å². The monoisotopic (exact) mass is 613 g/mol. The van der Waals surface area contributed by atoms with Crippen LogP contribution in [0.25, 0.3) is 0 Å². The summed E-state index contributed by atoms with van der Waals surface area (Å²) in [5, 5.41) is 24.2. The Hall–Kier alpha value is -3.37. The highest BCUT2D eigenvalue weighted by atomic mass is 31.2. The van der Waals surface area contributed by atoms with Crippen LogP contribution in [0.1, 0.15) is 32.6 Å². The third kappa shape index (κ3) is 7.92. The van der Waals surface area contributed by atoms with Gasteiger partial charge >= 0.3 is 25.4 Å². The fourth-order valence-corrected chi connectivity index (χ4v) is 5.62. The van der Waals surface area contributed by atoms with Crippen molar-refractivity contribution in [2.45, 2.75) is 63.3 Å². The number of ether oxygens (including phenoxy) is 3. The van der Waals surface area contributed by atoms with Gasteiger partial charge in [-0.2, -0.15) is 10.1 Å². The molecule has 42 heavy (non-hydrogen) atoms. The van der Waals surface area contributed by atoms with Crippen molar-refractivity contribution in [3.8, 4) is 5.75 Å². The van der Waals surface area contributed by atoms with Gasteiger partial charge in [0.1, 0.15) is 41.5 Å². The molecule has 0 bridgehead atoms. The lowest BCUT2D eigenvalue weighted by molar-refractivity contribution is -0.145. The molecule has 0 radical (unpaired) electrons. The van der Waals surface area contributed by atoms with E-state index < -0.39 is 68.1 Å². The number of nitrogens with zero attached hydrogens (tertiary/aromatic N) is 2. The minimum atomic E-state index is -4.39. The summed E-state index contributed by atoms with van der Waals surface area (Å²) in [5.41, 5.74) is 9.16. The zero-order valence-electron chi connectivity index (χ0n) is 23.5. The molecule has 1 aliphatic heterocycles. The predicted octanol–water partition coefficient (Wildman–Crippen LogP) is -0.377. The molecule has 232 valence electrons. The standard InChI is InChI=1S/C25H36N5O11P/c1-5-38-21(32)14(2)29-42(36,41-16-8-6-15(7-9-16)12-17(26)22(33)37-4)39-13-18-20(31)25(3,35)23(40-18)30-11-10-19(27)28-24(30)34/h6-11,14,17-18,20,23,31,35H,5,12-13,26H2,1-4H3,(H,29,36)(H2,27,28,34)/t14-,17-,18+,20+,23+,25+,42?/m0/s1. The average molecular weight is 614 g/mol. The van der Waals surface area contributed by atoms with Gasteiger partial charge in [0.2, 0.25) is 0 Å². The Labute approximate surface area is 241 Å². The first-order valence-corrected chi connectivity index (χ1v) is 14.5. The molecular formula is C25H36N5O11P. The molecule has 16 nitrogen and oxygen atoms in total. The molecule has 1 saturated heterocycles. The maximum atomic E-state index is 13.8. The Morgan fingerprint density at radius 3 is 2.52 bits per heavy atom. The molecule has 2 heterocycles. The van der Waals surface area contributed by atoms with Crippen molar-refractivity contribution in [1.29, 1.82) is 0 Å². The number of hydrogen-bond acceptors (Lipinski definition) is 14. The van der Waals surface area contributed by atoms with Crippen LogP contribution in [0.5, 0.6) is 5.75 Å². The number of aromatic nitrogens is 2. The molecule has 0 saturated carbocycles. The summed E-state index contributed by atoms with van der Waals surface area (Å²) in [6.07, 6.45) is -2.88. The minimum Gasteiger partial charge on any atom is -0.468 e. The first-order valence-electron chi connectivity index (χ1n) is 12.9. The number of aliphatic hydroxyl groups is 2. The third-order valence-corrected chi connectivity index (χ3v) is 8.01. The molecule has 1 fully saturated rings. The van der Waals surface area contributed by atoms with E-state index in [-0.39, 0.29) is 24.6 Å². The molecule has 7 N–H and O–H groups in total. The molecule has 0 spiro atoms. The SMILES string of the molecule is CCOC(=O)[C@H](C)NP(=O)(OC[C@H]1O[C@@H](n2ccc(N)nc2=O)[C@](C)(O)[C@@H]1O)Oc1ccc(C[C@H](N)C(=O)OC)cc1. The van der Waals surface area contributed by atoms with Crippen molar-refractivity contribution < 1.29 is 47.6 Å². The van der Waals surface area contributed by atoms with Crippen molar-refractivity contribution in [3.05, 3.63) is 52.6 Å². The largest absolute Gasteiger partial charge is 0.468 e. The number of carbonyl (C=O) groups is 2. The molecule has 1 aliphatic rings. The molecule has 17 heteroatoms. The number of aliphatic hydroxyl groups excluding tert-OH is 1. The molecule has 3 rings (SSSR count). The van der Waals surface area contributed by atoms with Crippen molar-refractivity contribution in [2.24, 2.45) is 5.73 Å². The van der Waals surface area contributed by atoms with Crippen LogP contribution in [0, 0.1) is 0 Å². The second kappa shape index (κ2) is 13.7. The lowest BCUT2D eigenvalue weighted by Gasteiger charge is -2.27. The lowest BCUT2D eigenvalue weighted by atomic mass is 9.96. The second-order valence-corrected chi connectivity index (χ2v) is 11.4. The number of esters is 2. The number of benzene rings is 1. The van der Waals surface area contributed by atoms with Crippen molar-refractivity contribution in [3.63, 3.8) is 0 Å². The van der Waals surface area contributed by atoms with E-state index in [1.807, 2.05) is 0 Å². The molecule has 0 amide bonds. The number of hydrogen-bond donors (Lipinski definition) is 5. The van der Waals surface area contributed by atoms with Crippen LogP contribution in [0.2, 0.25) is 0 Å². The molecule has 7 atom stereocenters. The number of carbonyl (C=O) groups excluding carboxylic acids is 2. The van der Waals surface area contributed by atoms with Crippen LogP contribution >= 0.6 is 7.75 Å². The van der Waals surface area contributed by atoms with E-state index in [0.29, 0.717) is 5.56 Å². The van der Waals surface area contributed by atoms with Gasteiger partial charge in [-0.1, -0.05) is 12.1 Å². The van der Waals surface area contributed by atoms with Crippen molar-refractivity contribution in [2.75, 3.05) is 26.1 Å². The number of nitrogens with two attached hydrogens (primary N) is 2. The lowest BCUT2D eigenvalue weighted by Crippen LogP contribution is -2.46. The highest BCUT2D eigenvalue weighted by molar-refractivity contribution is 7.52. The highest BCUT2D eigenvalue weighted by Crippen LogP contribution is 2.47. The first kappa shape index (κ1) is 33.1. The molecule has 1 aromatic carbocycles. The summed E-state index contributed by atoms with van der Waals surface area (Å²) in [4.78, 5) is 39.8. The number of nitrogens with one attached hydrogen (secondary N) is 1. The smallest absolute Gasteiger partial charge is 0.459 e. The maximum Gasteiger partial charge on any atom is 0.459 e. The van der Waals surface area contributed by atoms with Crippen LogP contribution in [-0.2, 0) is 39.3 Å². The number of methoxy groups -OCH3 is 1. The van der Waals surface area contributed by atoms with Crippen LogP contribution in [0.15, 0.2) is 41.3 Å². The normalized spacial score (nSPS) is 24.8. The summed E-state index contributed by atoms with van der Waals surface area (Å²) in [5.74, 6) is -1.30. The summed E-state index contributed by atoms with van der Waals surface area (Å²) in [7, 11) is -3.16. The van der Waals surface area contributed by atoms with Gasteiger partial charge in [0, 0.05) is 6.20 Å². The van der Waals surface area contributed by atoms with E-state index in [0.717, 1.165) is 4.57 Å². The molecule has 0 aliphatic carbocycles. The summed E-state index contributed by atoms with van der Waals surface area (Å²) >= 11 is 0. The van der Waals surface area contributed by atoms with Crippen LogP contribution in [-0.4, -0.2) is 81.9 Å². The Bertz CT molecular complexity index is 1350.